The number of anilines is 3. The molecular weight excluding hydrogens is 1030 g/mol. The van der Waals surface area contributed by atoms with Crippen LogP contribution >= 0.6 is 0 Å². The summed E-state index contributed by atoms with van der Waals surface area (Å²) in [5.41, 5.74) is 7.89. The number of halogens is 5. The van der Waals surface area contributed by atoms with Gasteiger partial charge >= 0.3 is 5.76 Å². The number of rotatable bonds is 22. The van der Waals surface area contributed by atoms with Crippen molar-refractivity contribution in [3.63, 3.8) is 0 Å². The number of hydrogen-bond donors (Lipinski definition) is 6. The molecule has 7 rings (SSSR count). The van der Waals surface area contributed by atoms with E-state index in [1.54, 1.807) is 63.5 Å². The fraction of sp³-hybridized carbons (Fsp3) is 0.404. The highest BCUT2D eigenvalue weighted by molar-refractivity contribution is 7.93. The number of sulfonamides is 1. The van der Waals surface area contributed by atoms with Crippen LogP contribution in [0.25, 0.3) is 33.3 Å². The van der Waals surface area contributed by atoms with Crippen molar-refractivity contribution in [2.45, 2.75) is 109 Å². The van der Waals surface area contributed by atoms with Gasteiger partial charge in [-0.2, -0.15) is 19.0 Å². The molecular formula is C52H61F5N12O7S. The number of carbonyl (C=O) groups excluding carboxylic acids is 4. The van der Waals surface area contributed by atoms with E-state index in [1.165, 1.54) is 47.4 Å². The summed E-state index contributed by atoms with van der Waals surface area (Å²) in [7, 11) is -1.78. The lowest BCUT2D eigenvalue weighted by atomic mass is 9.85. The molecule has 0 aliphatic carbocycles. The Kier molecular flexibility index (Phi) is 17.9. The van der Waals surface area contributed by atoms with Gasteiger partial charge in [0.1, 0.15) is 59.1 Å². The van der Waals surface area contributed by atoms with E-state index in [2.05, 4.69) is 31.3 Å². The number of alkyl halides is 2. The number of para-hydroxylation sites is 1. The molecule has 1 fully saturated rings. The number of nitrogens with one attached hydrogen (secondary N) is 5. The van der Waals surface area contributed by atoms with Gasteiger partial charge in [0.15, 0.2) is 0 Å². The zero-order valence-electron chi connectivity index (χ0n) is 43.2. The number of pyridine rings is 1. The van der Waals surface area contributed by atoms with Crippen LogP contribution in [0.1, 0.15) is 71.8 Å². The van der Waals surface area contributed by atoms with Crippen LogP contribution in [0, 0.1) is 22.9 Å². The second-order valence-corrected chi connectivity index (χ2v) is 21.5. The summed E-state index contributed by atoms with van der Waals surface area (Å²) < 4.78 is 105. The van der Waals surface area contributed by atoms with Gasteiger partial charge in [0.2, 0.25) is 23.6 Å². The number of carbonyl (C=O) groups is 4. The summed E-state index contributed by atoms with van der Waals surface area (Å²) >= 11 is 0. The fourth-order valence-corrected chi connectivity index (χ4v) is 9.43. The Labute approximate surface area is 441 Å². The zero-order chi connectivity index (χ0) is 55.9. The van der Waals surface area contributed by atoms with Gasteiger partial charge in [-0.25, -0.2) is 26.6 Å². The molecule has 25 heteroatoms. The molecule has 1 saturated heterocycles. The quantitative estimate of drug-likeness (QED) is 0.0302. The third-order valence-corrected chi connectivity index (χ3v) is 14.1. The Balaban J connectivity index is 0.970. The molecule has 1 aliphatic heterocycles. The minimum absolute atomic E-state index is 0.0467. The summed E-state index contributed by atoms with van der Waals surface area (Å²) in [6, 6.07) is 9.00. The van der Waals surface area contributed by atoms with Gasteiger partial charge in [-0.05, 0) is 80.6 Å². The summed E-state index contributed by atoms with van der Waals surface area (Å²) in [6.45, 7) is 7.17. The molecule has 1 unspecified atom stereocenters. The van der Waals surface area contributed by atoms with Crippen LogP contribution < -0.4 is 36.5 Å². The summed E-state index contributed by atoms with van der Waals surface area (Å²) in [6.07, 6.45) is 7.87. The van der Waals surface area contributed by atoms with E-state index in [0.717, 1.165) is 24.6 Å². The number of benzene rings is 3. The monoisotopic (exact) mass is 1090 g/mol. The first-order valence-corrected chi connectivity index (χ1v) is 26.3. The molecule has 6 aromatic rings. The number of aromatic nitrogens is 5. The normalized spacial score (nSPS) is 15.6. The number of unbranched alkanes of at least 4 members (excludes halogenated alkanes) is 3. The highest BCUT2D eigenvalue weighted by Crippen LogP contribution is 2.40. The first-order chi connectivity index (χ1) is 36.4. The number of nitrogen functional groups attached to an aromatic ring is 1. The molecule has 4 heterocycles. The predicted molar refractivity (Wildman–Crippen MR) is 279 cm³/mol. The molecule has 3 aromatic carbocycles. The Morgan fingerprint density at radius 3 is 2.31 bits per heavy atom. The van der Waals surface area contributed by atoms with Crippen LogP contribution in [0.5, 0.6) is 5.75 Å². The van der Waals surface area contributed by atoms with E-state index in [1.807, 2.05) is 10.9 Å². The smallest absolute Gasteiger partial charge is 0.355 e. The first-order valence-electron chi connectivity index (χ1n) is 24.7. The molecule has 7 N–H and O–H groups in total. The number of amides is 4. The third kappa shape index (κ3) is 13.7. The van der Waals surface area contributed by atoms with Gasteiger partial charge < -0.3 is 36.6 Å². The lowest BCUT2D eigenvalue weighted by molar-refractivity contribution is -0.143. The molecule has 3 aromatic heterocycles. The molecule has 77 heavy (non-hydrogen) atoms. The van der Waals surface area contributed by atoms with Crippen LogP contribution in [-0.2, 0) is 49.4 Å². The number of ether oxygens (including phenoxy) is 1. The van der Waals surface area contributed by atoms with Crippen molar-refractivity contribution in [1.29, 1.82) is 0 Å². The molecule has 0 bridgehead atoms. The number of nitrogens with zero attached hydrogens (tertiary/aromatic N) is 6. The Morgan fingerprint density at radius 1 is 0.935 bits per heavy atom. The Morgan fingerprint density at radius 2 is 1.64 bits per heavy atom. The van der Waals surface area contributed by atoms with Gasteiger partial charge in [-0.3, -0.25) is 33.3 Å². The van der Waals surface area contributed by atoms with E-state index >= 15 is 0 Å². The minimum atomic E-state index is -5.08. The van der Waals surface area contributed by atoms with Crippen LogP contribution in [0.3, 0.4) is 0 Å². The maximum atomic E-state index is 14.6. The molecule has 4 atom stereocenters. The average molecular weight is 1090 g/mol. The van der Waals surface area contributed by atoms with Crippen LogP contribution in [0.15, 0.2) is 79.3 Å². The van der Waals surface area contributed by atoms with E-state index in [0.29, 0.717) is 64.7 Å². The standard InChI is InChI=1S/C52H61F5N12O7S/c1-29(59-5)48(71)64-46(52(2,3)4)50(73)69-27-34(23-39(69)49(72)63-44-36(54)12-11-13-37(44)55)62-41(70)14-9-7-8-10-21-68-26-32(24-61-68)35-25-60-47(58)42-43(65-67(6)45(35)42)31-17-20-38(66-77(74,75)51(56)57)40(22-31)76-28-30-15-18-33(53)19-16-30/h11-13,15-20,22,24-26,29,34,39,46,51,59,66H,7-10,14,21,23,27-28H2,1-6H3,(H2,58,60)(H,62,70)(H,63,72)(H,64,71)/t29-,34?,39-,46+/m0/s1. The van der Waals surface area contributed by atoms with Crippen molar-refractivity contribution in [1.82, 2.24) is 45.4 Å². The molecule has 0 spiro atoms. The van der Waals surface area contributed by atoms with Gasteiger partial charge in [-0.1, -0.05) is 57.9 Å². The minimum Gasteiger partial charge on any atom is -0.487 e. The molecule has 412 valence electrons. The van der Waals surface area contributed by atoms with Crippen molar-refractivity contribution in [2.24, 2.45) is 12.5 Å². The SMILES string of the molecule is CN[C@@H](C)C(=O)N[C@H](C(=O)N1CC(NC(=O)CCCCCCn2cc(-c3cnc(N)c4c(-c5ccc(NS(=O)(=O)C(F)F)c(OCc6ccc(F)cc6)c5)nn(C)c34)cn2)C[C@H]1C(=O)Nc1c(F)cccc1F)C(C)(C)C. The van der Waals surface area contributed by atoms with Crippen molar-refractivity contribution in [3.05, 3.63) is 102 Å². The van der Waals surface area contributed by atoms with Crippen molar-refractivity contribution < 1.29 is 54.3 Å². The van der Waals surface area contributed by atoms with Gasteiger partial charge in [-0.15, -0.1) is 0 Å². The molecule has 1 aliphatic rings. The summed E-state index contributed by atoms with van der Waals surface area (Å²) in [5.74, 6) is -8.40. The van der Waals surface area contributed by atoms with Crippen LogP contribution in [0.4, 0.5) is 39.1 Å². The first kappa shape index (κ1) is 57.0. The van der Waals surface area contributed by atoms with E-state index < -0.39 is 86.2 Å². The Bertz CT molecular complexity index is 3220. The summed E-state index contributed by atoms with van der Waals surface area (Å²) in [4.78, 5) is 59.9. The number of likely N-dealkylation sites (N-methyl/N-ethyl adjacent to an activating group) is 1. The highest BCUT2D eigenvalue weighted by atomic mass is 32.2. The fourth-order valence-electron chi connectivity index (χ4n) is 8.87. The second-order valence-electron chi connectivity index (χ2n) is 19.9. The topological polar surface area (TPSA) is 250 Å². The van der Waals surface area contributed by atoms with Gasteiger partial charge in [0.05, 0.1) is 28.8 Å². The number of fused-ring (bicyclic) bond motifs is 1. The van der Waals surface area contributed by atoms with Crippen LogP contribution in [0.2, 0.25) is 0 Å². The zero-order valence-corrected chi connectivity index (χ0v) is 44.0. The Hall–Kier alpha value is -7.67. The molecule has 4 amide bonds. The van der Waals surface area contributed by atoms with Crippen molar-refractivity contribution in [3.8, 4) is 28.1 Å². The van der Waals surface area contributed by atoms with Crippen molar-refractivity contribution in [2.75, 3.05) is 29.4 Å². The second kappa shape index (κ2) is 24.1. The highest BCUT2D eigenvalue weighted by Gasteiger charge is 2.46. The maximum Gasteiger partial charge on any atom is 0.355 e. The number of likely N-dealkylation sites (tertiary alicyclic amines) is 1. The summed E-state index contributed by atoms with van der Waals surface area (Å²) in [5, 5.41) is 20.5. The lowest BCUT2D eigenvalue weighted by Crippen LogP contribution is -2.59. The lowest BCUT2D eigenvalue weighted by Gasteiger charge is -2.36. The number of aryl methyl sites for hydroxylation is 2. The van der Waals surface area contributed by atoms with E-state index in [4.69, 9.17) is 15.6 Å². The van der Waals surface area contributed by atoms with Gasteiger partial charge in [0, 0.05) is 61.7 Å². The average Bonchev–Trinajstić information content (AvgIpc) is 4.14. The predicted octanol–water partition coefficient (Wildman–Crippen LogP) is 6.86. The van der Waals surface area contributed by atoms with Crippen LogP contribution in [-0.4, -0.2) is 105 Å². The number of hydrogen-bond acceptors (Lipinski definition) is 12. The maximum absolute atomic E-state index is 14.6. The molecule has 19 nitrogen and oxygen atoms in total. The number of nitrogens with two attached hydrogens (primary N) is 1. The largest absolute Gasteiger partial charge is 0.487 e. The van der Waals surface area contributed by atoms with E-state index in [-0.39, 0.29) is 49.2 Å². The molecule has 0 radical (unpaired) electrons. The van der Waals surface area contributed by atoms with Gasteiger partial charge in [0.25, 0.3) is 10.0 Å². The van der Waals surface area contributed by atoms with E-state index in [9.17, 15) is 49.5 Å². The third-order valence-electron chi connectivity index (χ3n) is 13.1. The molecule has 0 saturated carbocycles. The van der Waals surface area contributed by atoms with Crippen molar-refractivity contribution >= 4 is 61.7 Å².